The zero-order valence-electron chi connectivity index (χ0n) is 7.83. The Morgan fingerprint density at radius 2 is 2.43 bits per heavy atom. The maximum atomic E-state index is 3.95. The zero-order valence-corrected chi connectivity index (χ0v) is 7.83. The van der Waals surface area contributed by atoms with Gasteiger partial charge in [-0.05, 0) is 10.4 Å². The Morgan fingerprint density at radius 1 is 1.50 bits per heavy atom. The molecule has 0 aliphatic heterocycles. The van der Waals surface area contributed by atoms with Crippen LogP contribution in [0.2, 0.25) is 0 Å². The van der Waals surface area contributed by atoms with E-state index < -0.39 is 0 Å². The van der Waals surface area contributed by atoms with Crippen molar-refractivity contribution < 1.29 is 0 Å². The average Bonchev–Trinajstić information content (AvgIpc) is 2.78. The molecule has 0 saturated carbocycles. The van der Waals surface area contributed by atoms with Crippen LogP contribution >= 0.6 is 0 Å². The van der Waals surface area contributed by atoms with Gasteiger partial charge in [0.2, 0.25) is 5.95 Å². The second kappa shape index (κ2) is 3.86. The van der Waals surface area contributed by atoms with E-state index in [-0.39, 0.29) is 0 Å². The average molecular weight is 193 g/mol. The van der Waals surface area contributed by atoms with E-state index in [4.69, 9.17) is 0 Å². The van der Waals surface area contributed by atoms with Crippen LogP contribution in [0.3, 0.4) is 0 Å². The number of hydrogen-bond acceptors (Lipinski definition) is 5. The van der Waals surface area contributed by atoms with Crippen molar-refractivity contribution in [1.82, 2.24) is 29.8 Å². The van der Waals surface area contributed by atoms with Gasteiger partial charge in [-0.3, -0.25) is 0 Å². The molecule has 0 aromatic carbocycles. The van der Waals surface area contributed by atoms with Gasteiger partial charge >= 0.3 is 0 Å². The first-order chi connectivity index (χ1) is 6.86. The summed E-state index contributed by atoms with van der Waals surface area (Å²) in [6.07, 6.45) is 5.44. The van der Waals surface area contributed by atoms with Gasteiger partial charge in [-0.2, -0.15) is 0 Å². The second-order valence-electron chi connectivity index (χ2n) is 2.85. The summed E-state index contributed by atoms with van der Waals surface area (Å²) >= 11 is 0. The topological polar surface area (TPSA) is 73.5 Å². The molecule has 0 aliphatic rings. The van der Waals surface area contributed by atoms with Gasteiger partial charge in [0.25, 0.3) is 0 Å². The smallest absolute Gasteiger partial charge is 0.242 e. The van der Waals surface area contributed by atoms with E-state index in [2.05, 4.69) is 25.8 Å². The molecule has 0 amide bonds. The van der Waals surface area contributed by atoms with E-state index in [1.54, 1.807) is 24.3 Å². The third-order valence-corrected chi connectivity index (χ3v) is 1.83. The minimum Gasteiger partial charge on any atom is -0.351 e. The molecule has 7 nitrogen and oxygen atoms in total. The molecule has 2 heterocycles. The Balaban J connectivity index is 1.81. The standard InChI is InChI=1S/C7H11N7/c1-13-7(10-11-12-13)9-3-5-14-4-2-8-6-14/h2,4,6H,3,5H2,1H3,(H,9,10,12). The Labute approximate surface area is 80.8 Å². The van der Waals surface area contributed by atoms with Gasteiger partial charge in [0, 0.05) is 32.5 Å². The summed E-state index contributed by atoms with van der Waals surface area (Å²) in [5.74, 6) is 0.671. The van der Waals surface area contributed by atoms with Crippen LogP contribution in [0.5, 0.6) is 0 Å². The van der Waals surface area contributed by atoms with Gasteiger partial charge in [0.1, 0.15) is 0 Å². The molecule has 0 saturated heterocycles. The first kappa shape index (κ1) is 8.67. The molecule has 0 bridgehead atoms. The van der Waals surface area contributed by atoms with Crippen molar-refractivity contribution in [2.75, 3.05) is 11.9 Å². The molecule has 74 valence electrons. The highest BCUT2D eigenvalue weighted by atomic mass is 15.6. The highest BCUT2D eigenvalue weighted by Crippen LogP contribution is 1.95. The molecule has 0 unspecified atom stereocenters. The van der Waals surface area contributed by atoms with E-state index in [1.807, 2.05) is 10.8 Å². The third kappa shape index (κ3) is 1.87. The normalized spacial score (nSPS) is 10.4. The lowest BCUT2D eigenvalue weighted by molar-refractivity contribution is 0.696. The Kier molecular flexibility index (Phi) is 2.39. The summed E-state index contributed by atoms with van der Waals surface area (Å²) in [6.45, 7) is 1.61. The van der Waals surface area contributed by atoms with Crippen molar-refractivity contribution in [3.8, 4) is 0 Å². The number of nitrogens with zero attached hydrogens (tertiary/aromatic N) is 6. The lowest BCUT2D eigenvalue weighted by Crippen LogP contribution is -2.12. The van der Waals surface area contributed by atoms with Crippen molar-refractivity contribution in [3.05, 3.63) is 18.7 Å². The van der Waals surface area contributed by atoms with Crippen LogP contribution in [0.1, 0.15) is 0 Å². The zero-order chi connectivity index (χ0) is 9.80. The Bertz CT molecular complexity index is 376. The van der Waals surface area contributed by atoms with Crippen molar-refractivity contribution in [2.24, 2.45) is 7.05 Å². The number of tetrazole rings is 1. The van der Waals surface area contributed by atoms with E-state index in [9.17, 15) is 0 Å². The molecule has 2 rings (SSSR count). The van der Waals surface area contributed by atoms with E-state index >= 15 is 0 Å². The van der Waals surface area contributed by atoms with Crippen LogP contribution in [0.4, 0.5) is 5.95 Å². The summed E-state index contributed by atoms with van der Waals surface area (Å²) < 4.78 is 3.57. The highest BCUT2D eigenvalue weighted by Gasteiger charge is 1.99. The van der Waals surface area contributed by atoms with Crippen LogP contribution in [0, 0.1) is 0 Å². The molecule has 0 spiro atoms. The lowest BCUT2D eigenvalue weighted by atomic mass is 10.6. The third-order valence-electron chi connectivity index (χ3n) is 1.83. The molecule has 0 fully saturated rings. The highest BCUT2D eigenvalue weighted by molar-refractivity contribution is 5.20. The largest absolute Gasteiger partial charge is 0.351 e. The van der Waals surface area contributed by atoms with Crippen LogP contribution < -0.4 is 5.32 Å². The van der Waals surface area contributed by atoms with Gasteiger partial charge in [-0.15, -0.1) is 0 Å². The second-order valence-corrected chi connectivity index (χ2v) is 2.85. The van der Waals surface area contributed by atoms with Gasteiger partial charge in [0.05, 0.1) is 6.33 Å². The molecule has 1 N–H and O–H groups in total. The monoisotopic (exact) mass is 193 g/mol. The number of aromatic nitrogens is 6. The first-order valence-electron chi connectivity index (χ1n) is 4.28. The molecule has 7 heteroatoms. The number of anilines is 1. The Morgan fingerprint density at radius 3 is 3.07 bits per heavy atom. The van der Waals surface area contributed by atoms with Crippen LogP contribution in [-0.2, 0) is 13.6 Å². The van der Waals surface area contributed by atoms with E-state index in [1.165, 1.54) is 0 Å². The summed E-state index contributed by atoms with van der Waals surface area (Å²) in [6, 6.07) is 0. The predicted octanol–water partition coefficient (Wildman–Crippen LogP) is -0.481. The quantitative estimate of drug-likeness (QED) is 0.709. The molecule has 0 aliphatic carbocycles. The van der Waals surface area contributed by atoms with Gasteiger partial charge in [-0.25, -0.2) is 9.67 Å². The van der Waals surface area contributed by atoms with Crippen LogP contribution in [-0.4, -0.2) is 36.3 Å². The number of imidazole rings is 1. The SMILES string of the molecule is Cn1nnnc1NCCn1ccnc1. The molecule has 2 aromatic heterocycles. The summed E-state index contributed by atoms with van der Waals surface area (Å²) in [7, 11) is 1.79. The van der Waals surface area contributed by atoms with Gasteiger partial charge < -0.3 is 9.88 Å². The predicted molar refractivity (Wildman–Crippen MR) is 49.5 cm³/mol. The van der Waals surface area contributed by atoms with Crippen LogP contribution in [0.25, 0.3) is 0 Å². The van der Waals surface area contributed by atoms with Gasteiger partial charge in [0.15, 0.2) is 0 Å². The summed E-state index contributed by atoms with van der Waals surface area (Å²) in [5, 5.41) is 14.1. The molecule has 14 heavy (non-hydrogen) atoms. The van der Waals surface area contributed by atoms with Crippen molar-refractivity contribution in [2.45, 2.75) is 6.54 Å². The van der Waals surface area contributed by atoms with E-state index in [0.29, 0.717) is 5.95 Å². The Hall–Kier alpha value is -1.92. The van der Waals surface area contributed by atoms with Crippen molar-refractivity contribution in [3.63, 3.8) is 0 Å². The maximum absolute atomic E-state index is 3.95. The fraction of sp³-hybridized carbons (Fsp3) is 0.429. The number of aryl methyl sites for hydroxylation is 1. The molecule has 0 radical (unpaired) electrons. The first-order valence-corrected chi connectivity index (χ1v) is 4.28. The summed E-state index contributed by atoms with van der Waals surface area (Å²) in [5.41, 5.74) is 0. The minimum atomic E-state index is 0.671. The molecular weight excluding hydrogens is 182 g/mol. The lowest BCUT2D eigenvalue weighted by Gasteiger charge is -2.03. The number of nitrogens with one attached hydrogen (secondary N) is 1. The van der Waals surface area contributed by atoms with Gasteiger partial charge in [-0.1, -0.05) is 5.10 Å². The van der Waals surface area contributed by atoms with E-state index in [0.717, 1.165) is 13.1 Å². The minimum absolute atomic E-state index is 0.671. The number of rotatable bonds is 4. The fourth-order valence-corrected chi connectivity index (χ4v) is 1.10. The fourth-order valence-electron chi connectivity index (χ4n) is 1.10. The molecule has 0 atom stereocenters. The molecular formula is C7H11N7. The summed E-state index contributed by atoms with van der Waals surface area (Å²) in [4.78, 5) is 3.95. The van der Waals surface area contributed by atoms with Crippen molar-refractivity contribution >= 4 is 5.95 Å². The molecule has 2 aromatic rings. The maximum Gasteiger partial charge on any atom is 0.242 e. The number of hydrogen-bond donors (Lipinski definition) is 1. The van der Waals surface area contributed by atoms with Crippen LogP contribution in [0.15, 0.2) is 18.7 Å². The van der Waals surface area contributed by atoms with Crippen molar-refractivity contribution in [1.29, 1.82) is 0 Å².